The van der Waals surface area contributed by atoms with Gasteiger partial charge in [-0.25, -0.2) is 0 Å². The summed E-state index contributed by atoms with van der Waals surface area (Å²) in [7, 11) is 0. The predicted molar refractivity (Wildman–Crippen MR) is 78.9 cm³/mol. The molecule has 0 radical (unpaired) electrons. The standard InChI is InChI=1S/C16H18N4O/c21-15(14(11-6-7-11)12-8-9-12)18-16-19-17-10-20(16)13-4-2-1-3-5-13/h1-5,10-12,14H,6-9H2,(H,18,19,21). The predicted octanol–water partition coefficient (Wildman–Crippen LogP) is 2.64. The molecule has 1 aromatic carbocycles. The molecular formula is C16H18N4O. The van der Waals surface area contributed by atoms with Gasteiger partial charge in [0.2, 0.25) is 11.9 Å². The fourth-order valence-corrected chi connectivity index (χ4v) is 3.02. The van der Waals surface area contributed by atoms with Crippen LogP contribution in [0.15, 0.2) is 36.7 Å². The van der Waals surface area contributed by atoms with E-state index in [0.29, 0.717) is 17.8 Å². The smallest absolute Gasteiger partial charge is 0.235 e. The van der Waals surface area contributed by atoms with E-state index in [0.717, 1.165) is 5.69 Å². The number of hydrogen-bond donors (Lipinski definition) is 1. The molecule has 1 amide bonds. The molecule has 1 aromatic heterocycles. The third-order valence-electron chi connectivity index (χ3n) is 4.38. The van der Waals surface area contributed by atoms with E-state index in [9.17, 15) is 4.79 Å². The van der Waals surface area contributed by atoms with Gasteiger partial charge in [-0.3, -0.25) is 14.7 Å². The van der Waals surface area contributed by atoms with Gasteiger partial charge in [0, 0.05) is 5.92 Å². The summed E-state index contributed by atoms with van der Waals surface area (Å²) in [5, 5.41) is 11.0. The van der Waals surface area contributed by atoms with Gasteiger partial charge < -0.3 is 0 Å². The Morgan fingerprint density at radius 2 is 1.81 bits per heavy atom. The van der Waals surface area contributed by atoms with Gasteiger partial charge in [-0.2, -0.15) is 0 Å². The van der Waals surface area contributed by atoms with E-state index >= 15 is 0 Å². The molecule has 0 atom stereocenters. The highest BCUT2D eigenvalue weighted by Gasteiger charge is 2.45. The first-order valence-corrected chi connectivity index (χ1v) is 7.59. The number of aromatic nitrogens is 3. The van der Waals surface area contributed by atoms with Gasteiger partial charge in [0.05, 0.1) is 5.69 Å². The number of para-hydroxylation sites is 1. The van der Waals surface area contributed by atoms with Gasteiger partial charge in [-0.05, 0) is 49.7 Å². The zero-order valence-electron chi connectivity index (χ0n) is 11.8. The number of anilines is 1. The van der Waals surface area contributed by atoms with Gasteiger partial charge in [0.1, 0.15) is 6.33 Å². The maximum atomic E-state index is 12.6. The summed E-state index contributed by atoms with van der Waals surface area (Å²) in [6, 6.07) is 9.81. The number of nitrogens with zero attached hydrogens (tertiary/aromatic N) is 3. The molecule has 1 heterocycles. The average molecular weight is 282 g/mol. The Balaban J connectivity index is 1.55. The fraction of sp³-hybridized carbons (Fsp3) is 0.438. The molecular weight excluding hydrogens is 264 g/mol. The molecule has 2 fully saturated rings. The molecule has 2 aromatic rings. The van der Waals surface area contributed by atoms with Crippen LogP contribution in [0.1, 0.15) is 25.7 Å². The topological polar surface area (TPSA) is 59.8 Å². The largest absolute Gasteiger partial charge is 0.294 e. The molecule has 108 valence electrons. The summed E-state index contributed by atoms with van der Waals surface area (Å²) in [6.45, 7) is 0. The van der Waals surface area contributed by atoms with Crippen molar-refractivity contribution >= 4 is 11.9 Å². The monoisotopic (exact) mass is 282 g/mol. The highest BCUT2D eigenvalue weighted by molar-refractivity contribution is 5.92. The molecule has 2 aliphatic carbocycles. The van der Waals surface area contributed by atoms with Crippen molar-refractivity contribution in [2.45, 2.75) is 25.7 Å². The van der Waals surface area contributed by atoms with Crippen molar-refractivity contribution in [2.75, 3.05) is 5.32 Å². The number of carbonyl (C=O) groups is 1. The maximum Gasteiger partial charge on any atom is 0.235 e. The first kappa shape index (κ1) is 12.6. The first-order valence-electron chi connectivity index (χ1n) is 7.59. The van der Waals surface area contributed by atoms with Crippen molar-refractivity contribution in [1.29, 1.82) is 0 Å². The van der Waals surface area contributed by atoms with Crippen molar-refractivity contribution in [3.8, 4) is 5.69 Å². The molecule has 0 spiro atoms. The Labute approximate surface area is 123 Å². The number of benzene rings is 1. The second kappa shape index (κ2) is 4.98. The lowest BCUT2D eigenvalue weighted by molar-refractivity contribution is -0.121. The normalized spacial score (nSPS) is 18.0. The van der Waals surface area contributed by atoms with Gasteiger partial charge in [0.25, 0.3) is 0 Å². The molecule has 0 aliphatic heterocycles. The van der Waals surface area contributed by atoms with Crippen LogP contribution in [-0.2, 0) is 4.79 Å². The molecule has 2 aliphatic rings. The van der Waals surface area contributed by atoms with Crippen LogP contribution in [0.4, 0.5) is 5.95 Å². The number of rotatable bonds is 5. The molecule has 21 heavy (non-hydrogen) atoms. The molecule has 1 N–H and O–H groups in total. The van der Waals surface area contributed by atoms with Crippen LogP contribution < -0.4 is 5.32 Å². The second-order valence-electron chi connectivity index (χ2n) is 6.05. The van der Waals surface area contributed by atoms with Crippen LogP contribution >= 0.6 is 0 Å². The summed E-state index contributed by atoms with van der Waals surface area (Å²) in [5.74, 6) is 1.98. The molecule has 0 bridgehead atoms. The second-order valence-corrected chi connectivity index (χ2v) is 6.05. The van der Waals surface area contributed by atoms with Gasteiger partial charge >= 0.3 is 0 Å². The first-order chi connectivity index (χ1) is 10.3. The van der Waals surface area contributed by atoms with Crippen LogP contribution in [0.2, 0.25) is 0 Å². The number of nitrogens with one attached hydrogen (secondary N) is 1. The number of carbonyl (C=O) groups excluding carboxylic acids is 1. The SMILES string of the molecule is O=C(Nc1nncn1-c1ccccc1)C(C1CC1)C1CC1. The van der Waals surface area contributed by atoms with Gasteiger partial charge in [-0.1, -0.05) is 18.2 Å². The Hall–Kier alpha value is -2.17. The summed E-state index contributed by atoms with van der Waals surface area (Å²) in [5.41, 5.74) is 0.951. The molecule has 5 heteroatoms. The van der Waals surface area contributed by atoms with E-state index in [1.165, 1.54) is 25.7 Å². The third-order valence-corrected chi connectivity index (χ3v) is 4.38. The third kappa shape index (κ3) is 2.55. The number of hydrogen-bond acceptors (Lipinski definition) is 3. The van der Waals surface area contributed by atoms with E-state index in [2.05, 4.69) is 15.5 Å². The minimum absolute atomic E-state index is 0.116. The molecule has 0 unspecified atom stereocenters. The Morgan fingerprint density at radius 1 is 1.14 bits per heavy atom. The lowest BCUT2D eigenvalue weighted by atomic mass is 9.97. The zero-order chi connectivity index (χ0) is 14.2. The minimum Gasteiger partial charge on any atom is -0.294 e. The fourth-order valence-electron chi connectivity index (χ4n) is 3.02. The lowest BCUT2D eigenvalue weighted by Crippen LogP contribution is -2.27. The Morgan fingerprint density at radius 3 is 2.43 bits per heavy atom. The highest BCUT2D eigenvalue weighted by atomic mass is 16.2. The van der Waals surface area contributed by atoms with Gasteiger partial charge in [-0.15, -0.1) is 10.2 Å². The van der Waals surface area contributed by atoms with Crippen molar-refractivity contribution in [3.63, 3.8) is 0 Å². The maximum absolute atomic E-state index is 12.6. The number of amides is 1. The van der Waals surface area contributed by atoms with Crippen LogP contribution in [0, 0.1) is 17.8 Å². The summed E-state index contributed by atoms with van der Waals surface area (Å²) in [4.78, 5) is 12.6. The van der Waals surface area contributed by atoms with Crippen molar-refractivity contribution < 1.29 is 4.79 Å². The Bertz CT molecular complexity index is 631. The van der Waals surface area contributed by atoms with Crippen molar-refractivity contribution in [1.82, 2.24) is 14.8 Å². The van der Waals surface area contributed by atoms with E-state index < -0.39 is 0 Å². The molecule has 0 saturated heterocycles. The Kier molecular flexibility index (Phi) is 2.98. The molecule has 2 saturated carbocycles. The van der Waals surface area contributed by atoms with E-state index in [4.69, 9.17) is 0 Å². The average Bonchev–Trinajstić information content (AvgIpc) is 3.43. The van der Waals surface area contributed by atoms with E-state index in [1.54, 1.807) is 6.33 Å². The van der Waals surface area contributed by atoms with E-state index in [-0.39, 0.29) is 11.8 Å². The van der Waals surface area contributed by atoms with Crippen LogP contribution in [0.5, 0.6) is 0 Å². The summed E-state index contributed by atoms with van der Waals surface area (Å²) >= 11 is 0. The van der Waals surface area contributed by atoms with Crippen molar-refractivity contribution in [3.05, 3.63) is 36.7 Å². The van der Waals surface area contributed by atoms with E-state index in [1.807, 2.05) is 34.9 Å². The van der Waals surface area contributed by atoms with Gasteiger partial charge in [0.15, 0.2) is 0 Å². The van der Waals surface area contributed by atoms with Crippen LogP contribution in [0.3, 0.4) is 0 Å². The quantitative estimate of drug-likeness (QED) is 0.917. The minimum atomic E-state index is 0.116. The highest BCUT2D eigenvalue weighted by Crippen LogP contribution is 2.49. The van der Waals surface area contributed by atoms with Crippen LogP contribution in [-0.4, -0.2) is 20.7 Å². The summed E-state index contributed by atoms with van der Waals surface area (Å²) < 4.78 is 1.81. The van der Waals surface area contributed by atoms with Crippen molar-refractivity contribution in [2.24, 2.45) is 17.8 Å². The molecule has 5 nitrogen and oxygen atoms in total. The summed E-state index contributed by atoms with van der Waals surface area (Å²) in [6.07, 6.45) is 6.41. The zero-order valence-corrected chi connectivity index (χ0v) is 11.8. The molecule has 4 rings (SSSR count). The lowest BCUT2D eigenvalue weighted by Gasteiger charge is -2.15. The van der Waals surface area contributed by atoms with Crippen LogP contribution in [0.25, 0.3) is 5.69 Å².